The van der Waals surface area contributed by atoms with E-state index in [1.54, 1.807) is 38.1 Å². The predicted molar refractivity (Wildman–Crippen MR) is 163 cm³/mol. The number of carbonyl (C=O) groups is 5. The maximum atomic E-state index is 12.4. The Morgan fingerprint density at radius 3 is 1.93 bits per heavy atom. The molecular weight excluding hydrogens is 543 g/mol. The number of primary amides is 1. The van der Waals surface area contributed by atoms with Crippen molar-refractivity contribution in [2.75, 3.05) is 25.0 Å². The molecule has 0 spiro atoms. The topological polar surface area (TPSA) is 215 Å². The highest BCUT2D eigenvalue weighted by molar-refractivity contribution is 6.55. The molecule has 0 aliphatic heterocycles. The summed E-state index contributed by atoms with van der Waals surface area (Å²) in [5, 5.41) is 18.6. The molecule has 9 N–H and O–H groups in total. The average Bonchev–Trinajstić information content (AvgIpc) is 2.88. The molecule has 2 radical (unpaired) electrons. The molecule has 1 unspecified atom stereocenters. The van der Waals surface area contributed by atoms with Gasteiger partial charge in [0.1, 0.15) is 12.6 Å². The first-order valence-electron chi connectivity index (χ1n) is 13.7. The number of amides is 5. The number of benzene rings is 1. The van der Waals surface area contributed by atoms with Crippen LogP contribution in [0.15, 0.2) is 24.3 Å². The van der Waals surface area contributed by atoms with Gasteiger partial charge in [-0.05, 0) is 49.8 Å². The van der Waals surface area contributed by atoms with E-state index in [0.29, 0.717) is 24.2 Å². The summed E-state index contributed by atoms with van der Waals surface area (Å²) in [5.41, 5.74) is 10.9. The van der Waals surface area contributed by atoms with Crippen LogP contribution in [-0.2, 0) is 25.7 Å². The molecule has 0 aliphatic rings. The van der Waals surface area contributed by atoms with Crippen LogP contribution in [-0.4, -0.2) is 73.9 Å². The highest BCUT2D eigenvalue weighted by Gasteiger charge is 2.24. The van der Waals surface area contributed by atoms with Crippen molar-refractivity contribution in [2.45, 2.75) is 79.5 Å². The van der Waals surface area contributed by atoms with Crippen LogP contribution < -0.4 is 32.7 Å². The van der Waals surface area contributed by atoms with Crippen molar-refractivity contribution in [3.05, 3.63) is 29.8 Å². The fraction of sp³-hybridized carbons (Fsp3) is 0.607. The van der Waals surface area contributed by atoms with Crippen molar-refractivity contribution in [2.24, 2.45) is 23.3 Å². The smallest absolute Gasteiger partial charge is 0.312 e. The van der Waals surface area contributed by atoms with Gasteiger partial charge in [-0.25, -0.2) is 4.79 Å². The third kappa shape index (κ3) is 24.2. The standard InChI is InChI=1S/C20H28BN3O5.C4H10N2O.C4H11NO/c1-12(2)9-16(25)24-18(13(3)4)19(27)22-10-17(26)23-15-7-5-14(6-8-15)11-29-20(21)28;1-2-3-6-4(5)7;1-4(2,5)3-6/h5-8,12-13,18H,9-11H2,1-4H3,(H,22,27)(H,23,26)(H,24,25);2-3H2,1H3,(H3,5,6,7);6H,3,5H2,1-2H3. The van der Waals surface area contributed by atoms with Crippen molar-refractivity contribution in [3.63, 3.8) is 0 Å². The van der Waals surface area contributed by atoms with Crippen LogP contribution in [0.1, 0.15) is 66.9 Å². The second-order valence-corrected chi connectivity index (χ2v) is 10.9. The van der Waals surface area contributed by atoms with Crippen LogP contribution in [0.5, 0.6) is 0 Å². The van der Waals surface area contributed by atoms with Crippen LogP contribution >= 0.6 is 0 Å². The first kappa shape index (κ1) is 40.5. The lowest BCUT2D eigenvalue weighted by atomic mass is 10.0. The zero-order valence-corrected chi connectivity index (χ0v) is 25.9. The lowest BCUT2D eigenvalue weighted by molar-refractivity contribution is -0.131. The summed E-state index contributed by atoms with van der Waals surface area (Å²) >= 11 is 0. The summed E-state index contributed by atoms with van der Waals surface area (Å²) in [4.78, 5) is 56.9. The third-order valence-electron chi connectivity index (χ3n) is 4.86. The molecule has 13 nitrogen and oxygen atoms in total. The molecule has 236 valence electrons. The quantitative estimate of drug-likeness (QED) is 0.166. The number of hydrogen-bond acceptors (Lipinski definition) is 8. The largest absolute Gasteiger partial charge is 0.470 e. The number of hydrogen-bond donors (Lipinski definition) is 7. The molecule has 0 fully saturated rings. The highest BCUT2D eigenvalue weighted by Crippen LogP contribution is 2.10. The molecule has 1 rings (SSSR count). The Bertz CT molecular complexity index is 966. The van der Waals surface area contributed by atoms with E-state index in [1.807, 2.05) is 34.6 Å². The SMILES string of the molecule is CC(C)(N)CO.CCCNC(N)=O.[B]C(=O)OCc1ccc(NC(=O)CNC(=O)C(NC(=O)CC(C)C)C(C)C)cc1. The Kier molecular flexibility index (Phi) is 21.2. The van der Waals surface area contributed by atoms with Gasteiger partial charge < -0.3 is 42.6 Å². The number of rotatable bonds is 13. The van der Waals surface area contributed by atoms with E-state index in [-0.39, 0.29) is 37.5 Å². The van der Waals surface area contributed by atoms with Gasteiger partial charge in [0.2, 0.25) is 31.4 Å². The molecule has 0 aromatic heterocycles. The number of aliphatic hydroxyl groups excluding tert-OH is 1. The van der Waals surface area contributed by atoms with Gasteiger partial charge >= 0.3 is 6.03 Å². The van der Waals surface area contributed by atoms with Gasteiger partial charge in [-0.2, -0.15) is 0 Å². The third-order valence-corrected chi connectivity index (χ3v) is 4.86. The molecule has 42 heavy (non-hydrogen) atoms. The molecule has 0 saturated carbocycles. The summed E-state index contributed by atoms with van der Waals surface area (Å²) in [6.07, 6.45) is 1.26. The van der Waals surface area contributed by atoms with Crippen LogP contribution in [0.2, 0.25) is 0 Å². The van der Waals surface area contributed by atoms with Crippen molar-refractivity contribution in [1.82, 2.24) is 16.0 Å². The molecule has 1 aromatic carbocycles. The molecular formula is C28H49BN6O7. The van der Waals surface area contributed by atoms with Gasteiger partial charge in [0.05, 0.1) is 13.2 Å². The van der Waals surface area contributed by atoms with Crippen molar-refractivity contribution >= 4 is 43.2 Å². The van der Waals surface area contributed by atoms with E-state index in [9.17, 15) is 24.0 Å². The lowest BCUT2D eigenvalue weighted by Gasteiger charge is -2.22. The first-order valence-corrected chi connectivity index (χ1v) is 13.7. The number of carbonyl (C=O) groups excluding carboxylic acids is 5. The summed E-state index contributed by atoms with van der Waals surface area (Å²) in [5.74, 6) is -1.81. The molecule has 0 bridgehead atoms. The van der Waals surface area contributed by atoms with E-state index in [0.717, 1.165) is 6.42 Å². The number of ether oxygens (including phenoxy) is 1. The number of anilines is 1. The number of nitrogens with one attached hydrogen (secondary N) is 4. The Balaban J connectivity index is 0. The Hall–Kier alpha value is -3.65. The molecule has 14 heteroatoms. The van der Waals surface area contributed by atoms with E-state index in [4.69, 9.17) is 24.4 Å². The van der Waals surface area contributed by atoms with Gasteiger partial charge in [0.25, 0.3) is 0 Å². The second kappa shape index (κ2) is 22.0. The van der Waals surface area contributed by atoms with Crippen LogP contribution in [0.4, 0.5) is 15.3 Å². The number of nitrogens with two attached hydrogens (primary N) is 2. The molecule has 5 amide bonds. The van der Waals surface area contributed by atoms with Crippen molar-refractivity contribution < 1.29 is 33.8 Å². The number of aliphatic hydroxyl groups is 1. The Morgan fingerprint density at radius 1 is 1.00 bits per heavy atom. The fourth-order valence-electron chi connectivity index (χ4n) is 2.71. The van der Waals surface area contributed by atoms with Gasteiger partial charge in [0, 0.05) is 24.2 Å². The van der Waals surface area contributed by atoms with Crippen LogP contribution in [0.3, 0.4) is 0 Å². The maximum absolute atomic E-state index is 12.4. The second-order valence-electron chi connectivity index (χ2n) is 10.9. The lowest BCUT2D eigenvalue weighted by Crippen LogP contribution is -2.51. The van der Waals surface area contributed by atoms with E-state index in [2.05, 4.69) is 26.0 Å². The Morgan fingerprint density at radius 2 is 1.55 bits per heavy atom. The molecule has 0 aliphatic carbocycles. The predicted octanol–water partition coefficient (Wildman–Crippen LogP) is 1.51. The van der Waals surface area contributed by atoms with Gasteiger partial charge in [-0.15, -0.1) is 0 Å². The van der Waals surface area contributed by atoms with Crippen LogP contribution in [0, 0.1) is 11.8 Å². The minimum atomic E-state index is -0.863. The summed E-state index contributed by atoms with van der Waals surface area (Å²) < 4.78 is 4.68. The molecule has 0 heterocycles. The molecule has 1 aromatic rings. The zero-order valence-electron chi connectivity index (χ0n) is 25.9. The minimum Gasteiger partial charge on any atom is -0.470 e. The van der Waals surface area contributed by atoms with Crippen LogP contribution in [0.25, 0.3) is 0 Å². The summed E-state index contributed by atoms with van der Waals surface area (Å²) in [7, 11) is 4.91. The highest BCUT2D eigenvalue weighted by atomic mass is 16.5. The van der Waals surface area contributed by atoms with E-state index in [1.165, 1.54) is 0 Å². The summed E-state index contributed by atoms with van der Waals surface area (Å²) in [6.45, 7) is 13.5. The van der Waals surface area contributed by atoms with Crippen molar-refractivity contribution in [3.8, 4) is 0 Å². The summed E-state index contributed by atoms with van der Waals surface area (Å²) in [6, 6.07) is 5.48. The zero-order chi connectivity index (χ0) is 32.9. The number of urea groups is 1. The average molecular weight is 593 g/mol. The molecule has 0 saturated heterocycles. The molecule has 1 atom stereocenters. The van der Waals surface area contributed by atoms with Crippen molar-refractivity contribution in [1.29, 1.82) is 0 Å². The van der Waals surface area contributed by atoms with Gasteiger partial charge in [-0.1, -0.05) is 46.8 Å². The van der Waals surface area contributed by atoms with Gasteiger partial charge in [0.15, 0.2) is 0 Å². The maximum Gasteiger partial charge on any atom is 0.312 e. The minimum absolute atomic E-state index is 0.0404. The fourth-order valence-corrected chi connectivity index (χ4v) is 2.71. The first-order chi connectivity index (χ1) is 19.4. The van der Waals surface area contributed by atoms with E-state index < -0.39 is 35.3 Å². The Labute approximate surface area is 250 Å². The monoisotopic (exact) mass is 592 g/mol. The normalized spacial score (nSPS) is 11.1. The van der Waals surface area contributed by atoms with Gasteiger partial charge in [-0.3, -0.25) is 19.2 Å². The van der Waals surface area contributed by atoms with E-state index >= 15 is 0 Å².